The molecule has 0 bridgehead atoms. The van der Waals surface area contributed by atoms with Crippen molar-refractivity contribution >= 4 is 17.4 Å². The van der Waals surface area contributed by atoms with Crippen molar-refractivity contribution in [1.82, 2.24) is 0 Å². The third-order valence-electron chi connectivity index (χ3n) is 2.87. The number of anilines is 1. The highest BCUT2D eigenvalue weighted by Gasteiger charge is 2.09. The van der Waals surface area contributed by atoms with Crippen molar-refractivity contribution in [2.45, 2.75) is 17.9 Å². The predicted octanol–water partition coefficient (Wildman–Crippen LogP) is 3.40. The maximum atomic E-state index is 10.1. The summed E-state index contributed by atoms with van der Waals surface area (Å²) in [4.78, 5) is 1.03. The van der Waals surface area contributed by atoms with Crippen molar-refractivity contribution in [3.8, 4) is 0 Å². The molecule has 0 radical (unpaired) electrons. The number of aliphatic hydroxyl groups excluding tert-OH is 1. The molecule has 2 rings (SSSR count). The maximum absolute atomic E-state index is 10.1. The molecule has 3 heteroatoms. The Hall–Kier alpha value is -1.45. The maximum Gasteiger partial charge on any atom is 0.0883 e. The van der Waals surface area contributed by atoms with Crippen LogP contribution >= 0.6 is 11.8 Å². The fourth-order valence-corrected chi connectivity index (χ4v) is 2.74. The summed E-state index contributed by atoms with van der Waals surface area (Å²) < 4.78 is 0. The van der Waals surface area contributed by atoms with E-state index >= 15 is 0 Å². The molecule has 2 nitrogen and oxygen atoms in total. The van der Waals surface area contributed by atoms with Gasteiger partial charge in [-0.15, -0.1) is 11.8 Å². The molecule has 3 N–H and O–H groups in total. The van der Waals surface area contributed by atoms with Gasteiger partial charge < -0.3 is 10.8 Å². The molecule has 0 spiro atoms. The molecule has 1 unspecified atom stereocenters. The molecule has 2 aromatic rings. The molecule has 2 aromatic carbocycles. The number of aliphatic hydroxyl groups is 1. The summed E-state index contributed by atoms with van der Waals surface area (Å²) in [6.45, 7) is 1.99. The van der Waals surface area contributed by atoms with Gasteiger partial charge in [0.15, 0.2) is 0 Å². The van der Waals surface area contributed by atoms with Crippen molar-refractivity contribution in [1.29, 1.82) is 0 Å². The zero-order valence-corrected chi connectivity index (χ0v) is 11.2. The minimum absolute atomic E-state index is 0.462. The number of para-hydroxylation sites is 1. The van der Waals surface area contributed by atoms with E-state index in [1.54, 1.807) is 11.8 Å². The minimum Gasteiger partial charge on any atom is -0.398 e. The van der Waals surface area contributed by atoms with E-state index in [1.165, 1.54) is 0 Å². The minimum atomic E-state index is -0.462. The van der Waals surface area contributed by atoms with Gasteiger partial charge in [-0.1, -0.05) is 42.5 Å². The molecule has 0 saturated carbocycles. The molecule has 0 fully saturated rings. The number of thioether (sulfide) groups is 1. The SMILES string of the molecule is Cc1cccc(SCC(O)c2ccccc2)c1N. The number of hydrogen-bond donors (Lipinski definition) is 2. The van der Waals surface area contributed by atoms with Crippen LogP contribution < -0.4 is 5.73 Å². The standard InChI is InChI=1S/C15H17NOS/c1-11-6-5-9-14(15(11)16)18-10-13(17)12-7-3-2-4-8-12/h2-9,13,17H,10,16H2,1H3. The van der Waals surface area contributed by atoms with Crippen LogP contribution in [0, 0.1) is 6.92 Å². The van der Waals surface area contributed by atoms with Crippen molar-refractivity contribution in [2.24, 2.45) is 0 Å². The highest BCUT2D eigenvalue weighted by molar-refractivity contribution is 7.99. The lowest BCUT2D eigenvalue weighted by molar-refractivity contribution is 0.204. The van der Waals surface area contributed by atoms with Crippen LogP contribution in [0.4, 0.5) is 5.69 Å². The largest absolute Gasteiger partial charge is 0.398 e. The highest BCUT2D eigenvalue weighted by Crippen LogP contribution is 2.30. The first-order valence-corrected chi connectivity index (χ1v) is 6.88. The molecule has 0 aromatic heterocycles. The molecule has 0 saturated heterocycles. The summed E-state index contributed by atoms with van der Waals surface area (Å²) in [7, 11) is 0. The van der Waals surface area contributed by atoms with Crippen LogP contribution in [-0.4, -0.2) is 10.9 Å². The normalized spacial score (nSPS) is 12.3. The Morgan fingerprint density at radius 1 is 1.11 bits per heavy atom. The average molecular weight is 259 g/mol. The van der Waals surface area contributed by atoms with Crippen LogP contribution in [0.2, 0.25) is 0 Å². The van der Waals surface area contributed by atoms with Crippen molar-refractivity contribution in [3.05, 3.63) is 59.7 Å². The van der Waals surface area contributed by atoms with Gasteiger partial charge in [0.25, 0.3) is 0 Å². The van der Waals surface area contributed by atoms with Gasteiger partial charge >= 0.3 is 0 Å². The average Bonchev–Trinajstić information content (AvgIpc) is 2.41. The van der Waals surface area contributed by atoms with Gasteiger partial charge in [-0.05, 0) is 24.1 Å². The van der Waals surface area contributed by atoms with E-state index in [1.807, 2.05) is 55.5 Å². The van der Waals surface area contributed by atoms with E-state index < -0.39 is 6.10 Å². The van der Waals surface area contributed by atoms with Crippen molar-refractivity contribution in [3.63, 3.8) is 0 Å². The van der Waals surface area contributed by atoms with Crippen LogP contribution in [0.1, 0.15) is 17.2 Å². The highest BCUT2D eigenvalue weighted by atomic mass is 32.2. The molecule has 18 heavy (non-hydrogen) atoms. The van der Waals surface area contributed by atoms with E-state index in [0.717, 1.165) is 21.7 Å². The number of rotatable bonds is 4. The lowest BCUT2D eigenvalue weighted by Crippen LogP contribution is -2.01. The topological polar surface area (TPSA) is 46.2 Å². The van der Waals surface area contributed by atoms with Crippen molar-refractivity contribution in [2.75, 3.05) is 11.5 Å². The molecule has 0 aliphatic carbocycles. The summed E-state index contributed by atoms with van der Waals surface area (Å²) in [5.74, 6) is 0.609. The summed E-state index contributed by atoms with van der Waals surface area (Å²) in [5.41, 5.74) is 8.83. The molecular formula is C15H17NOS. The van der Waals surface area contributed by atoms with Gasteiger partial charge in [0.1, 0.15) is 0 Å². The number of benzene rings is 2. The molecule has 0 heterocycles. The smallest absolute Gasteiger partial charge is 0.0883 e. The summed E-state index contributed by atoms with van der Waals surface area (Å²) in [6, 6.07) is 15.7. The zero-order valence-electron chi connectivity index (χ0n) is 10.3. The fraction of sp³-hybridized carbons (Fsp3) is 0.200. The Kier molecular flexibility index (Phi) is 4.28. The Bertz CT molecular complexity index is 513. The van der Waals surface area contributed by atoms with Crippen LogP contribution in [0.15, 0.2) is 53.4 Å². The third kappa shape index (κ3) is 3.06. The van der Waals surface area contributed by atoms with Crippen molar-refractivity contribution < 1.29 is 5.11 Å². The summed E-state index contributed by atoms with van der Waals surface area (Å²) in [5, 5.41) is 10.1. The second kappa shape index (κ2) is 5.94. The monoisotopic (exact) mass is 259 g/mol. The van der Waals surface area contributed by atoms with Gasteiger partial charge in [0, 0.05) is 16.3 Å². The lowest BCUT2D eigenvalue weighted by Gasteiger charge is -2.12. The predicted molar refractivity (Wildman–Crippen MR) is 77.7 cm³/mol. The Labute approximate surface area is 112 Å². The quantitative estimate of drug-likeness (QED) is 0.653. The van der Waals surface area contributed by atoms with Crippen LogP contribution in [0.5, 0.6) is 0 Å². The second-order valence-electron chi connectivity index (χ2n) is 4.22. The molecule has 1 atom stereocenters. The van der Waals surface area contributed by atoms with Crippen LogP contribution in [-0.2, 0) is 0 Å². The van der Waals surface area contributed by atoms with E-state index in [0.29, 0.717) is 5.75 Å². The molecule has 0 aliphatic rings. The van der Waals surface area contributed by atoms with E-state index in [9.17, 15) is 5.11 Å². The first-order valence-electron chi connectivity index (χ1n) is 5.89. The first kappa shape index (κ1) is 13.0. The van der Waals surface area contributed by atoms with E-state index in [-0.39, 0.29) is 0 Å². The van der Waals surface area contributed by atoms with Gasteiger partial charge in [0.05, 0.1) is 6.10 Å². The molecule has 0 aliphatic heterocycles. The van der Waals surface area contributed by atoms with E-state index in [4.69, 9.17) is 5.73 Å². The lowest BCUT2D eigenvalue weighted by atomic mass is 10.1. The molecule has 94 valence electrons. The number of aryl methyl sites for hydroxylation is 1. The second-order valence-corrected chi connectivity index (χ2v) is 5.29. The van der Waals surface area contributed by atoms with Crippen LogP contribution in [0.25, 0.3) is 0 Å². The Morgan fingerprint density at radius 3 is 2.56 bits per heavy atom. The number of nitrogens with two attached hydrogens (primary N) is 1. The zero-order chi connectivity index (χ0) is 13.0. The van der Waals surface area contributed by atoms with Crippen LogP contribution in [0.3, 0.4) is 0 Å². The molecular weight excluding hydrogens is 242 g/mol. The molecule has 0 amide bonds. The summed E-state index contributed by atoms with van der Waals surface area (Å²) >= 11 is 1.59. The number of hydrogen-bond acceptors (Lipinski definition) is 3. The summed E-state index contributed by atoms with van der Waals surface area (Å²) in [6.07, 6.45) is -0.462. The van der Waals surface area contributed by atoms with Gasteiger partial charge in [-0.25, -0.2) is 0 Å². The third-order valence-corrected chi connectivity index (χ3v) is 4.01. The fourth-order valence-electron chi connectivity index (χ4n) is 1.72. The van der Waals surface area contributed by atoms with Gasteiger partial charge in [-0.3, -0.25) is 0 Å². The first-order chi connectivity index (χ1) is 8.68. The van der Waals surface area contributed by atoms with E-state index in [2.05, 4.69) is 0 Å². The Balaban J connectivity index is 2.02. The Morgan fingerprint density at radius 2 is 1.83 bits per heavy atom. The van der Waals surface area contributed by atoms with Gasteiger partial charge in [0.2, 0.25) is 0 Å². The van der Waals surface area contributed by atoms with Gasteiger partial charge in [-0.2, -0.15) is 0 Å². The number of nitrogen functional groups attached to an aromatic ring is 1.